The highest BCUT2D eigenvalue weighted by atomic mass is 32.2. The number of sulfone groups is 1. The van der Waals surface area contributed by atoms with Gasteiger partial charge in [0.05, 0.1) is 31.4 Å². The molecule has 2 aliphatic heterocycles. The van der Waals surface area contributed by atoms with Gasteiger partial charge >= 0.3 is 0 Å². The highest BCUT2D eigenvalue weighted by Crippen LogP contribution is 2.72. The molecular weight excluding hydrogens is 528 g/mol. The molecule has 7 rings (SSSR count). The van der Waals surface area contributed by atoms with Gasteiger partial charge in [-0.25, -0.2) is 22.2 Å². The van der Waals surface area contributed by atoms with Crippen LogP contribution in [0.3, 0.4) is 0 Å². The van der Waals surface area contributed by atoms with Gasteiger partial charge in [-0.3, -0.25) is 9.58 Å². The number of nitrogen functional groups attached to an aromatic ring is 1. The number of nitrogens with one attached hydrogen (secondary N) is 1. The summed E-state index contributed by atoms with van der Waals surface area (Å²) in [6, 6.07) is 6.08. The van der Waals surface area contributed by atoms with Crippen molar-refractivity contribution < 1.29 is 21.9 Å². The molecule has 0 bridgehead atoms. The number of rotatable bonds is 8. The molecule has 2 saturated carbocycles. The van der Waals surface area contributed by atoms with Crippen LogP contribution in [-0.2, 0) is 22.9 Å². The van der Waals surface area contributed by atoms with Gasteiger partial charge in [-0.05, 0) is 30.4 Å². The first kappa shape index (κ1) is 24.9. The third kappa shape index (κ3) is 4.21. The van der Waals surface area contributed by atoms with Crippen LogP contribution in [0.25, 0.3) is 11.0 Å². The normalized spacial score (nSPS) is 25.2. The lowest BCUT2D eigenvalue weighted by Gasteiger charge is -2.55. The Morgan fingerprint density at radius 3 is 2.59 bits per heavy atom. The number of halogens is 2. The number of aromatic nitrogens is 4. The zero-order chi connectivity index (χ0) is 27.2. The van der Waals surface area contributed by atoms with Crippen molar-refractivity contribution >= 4 is 32.6 Å². The summed E-state index contributed by atoms with van der Waals surface area (Å²) in [4.78, 5) is 11.0. The third-order valence-corrected chi connectivity index (χ3v) is 11.0. The van der Waals surface area contributed by atoms with Gasteiger partial charge in [0.2, 0.25) is 5.95 Å². The summed E-state index contributed by atoms with van der Waals surface area (Å²) in [5, 5.41) is 7.84. The van der Waals surface area contributed by atoms with E-state index in [-0.39, 0.29) is 23.7 Å². The van der Waals surface area contributed by atoms with Crippen LogP contribution < -0.4 is 15.8 Å². The predicted octanol–water partition coefficient (Wildman–Crippen LogP) is 2.54. The van der Waals surface area contributed by atoms with E-state index >= 15 is 0 Å². The van der Waals surface area contributed by atoms with Crippen molar-refractivity contribution in [2.45, 2.75) is 38.3 Å². The van der Waals surface area contributed by atoms with Gasteiger partial charge in [-0.15, -0.1) is 0 Å². The minimum absolute atomic E-state index is 0.0116. The average Bonchev–Trinajstić information content (AvgIpc) is 3.17. The van der Waals surface area contributed by atoms with Crippen molar-refractivity contribution in [1.29, 1.82) is 0 Å². The van der Waals surface area contributed by atoms with E-state index in [1.54, 1.807) is 18.0 Å². The Labute approximate surface area is 224 Å². The van der Waals surface area contributed by atoms with Crippen LogP contribution in [0.5, 0.6) is 5.75 Å². The maximum Gasteiger partial charge on any atom is 0.254 e. The first-order valence-corrected chi connectivity index (χ1v) is 15.0. The summed E-state index contributed by atoms with van der Waals surface area (Å²) in [6.07, 6.45) is 2.70. The van der Waals surface area contributed by atoms with Gasteiger partial charge in [-0.2, -0.15) is 10.1 Å². The molecular formula is C26H31F2N7O3S. The minimum Gasteiger partial charge on any atom is -0.496 e. The number of alkyl halides is 2. The molecule has 208 valence electrons. The molecule has 0 amide bonds. The Bertz CT molecular complexity index is 1570. The minimum atomic E-state index is -2.82. The molecule has 10 nitrogen and oxygen atoms in total. The number of benzene rings is 1. The molecule has 3 aromatic rings. The lowest BCUT2D eigenvalue weighted by molar-refractivity contribution is 0.00528. The molecule has 13 heteroatoms. The summed E-state index contributed by atoms with van der Waals surface area (Å²) in [5.74, 6) is -0.325. The number of nitrogens with zero attached hydrogens (tertiary/aromatic N) is 5. The van der Waals surface area contributed by atoms with Gasteiger partial charge in [0.1, 0.15) is 16.8 Å². The van der Waals surface area contributed by atoms with Crippen LogP contribution >= 0.6 is 0 Å². The summed E-state index contributed by atoms with van der Waals surface area (Å²) < 4.78 is 57.8. The van der Waals surface area contributed by atoms with Crippen LogP contribution in [0.15, 0.2) is 24.4 Å². The van der Waals surface area contributed by atoms with E-state index in [9.17, 15) is 17.2 Å². The summed E-state index contributed by atoms with van der Waals surface area (Å²) in [5.41, 5.74) is 8.45. The largest absolute Gasteiger partial charge is 0.496 e. The SMILES string of the molecule is COc1cc(CN2CC3(C2)CS(=O)(=O)C3)ccc1Cn1ncc2nc(N)nc(NCC3CC4(C3)CC4(F)F)c21. The molecule has 2 aliphatic carbocycles. The number of anilines is 2. The van der Waals surface area contributed by atoms with E-state index in [1.807, 2.05) is 12.1 Å². The molecule has 0 radical (unpaired) electrons. The Hall–Kier alpha value is -3.06. The number of ether oxygens (including phenoxy) is 1. The molecule has 4 fully saturated rings. The van der Waals surface area contributed by atoms with Gasteiger partial charge in [0.25, 0.3) is 5.92 Å². The molecule has 2 saturated heterocycles. The van der Waals surface area contributed by atoms with Gasteiger partial charge in [0.15, 0.2) is 15.7 Å². The lowest BCUT2D eigenvalue weighted by atomic mass is 9.71. The van der Waals surface area contributed by atoms with Crippen molar-refractivity contribution in [2.24, 2.45) is 16.7 Å². The number of likely N-dealkylation sites (tertiary alicyclic amines) is 1. The van der Waals surface area contributed by atoms with E-state index in [0.717, 1.165) is 36.5 Å². The predicted molar refractivity (Wildman–Crippen MR) is 141 cm³/mol. The van der Waals surface area contributed by atoms with Crippen molar-refractivity contribution in [1.82, 2.24) is 24.6 Å². The van der Waals surface area contributed by atoms with Crippen LogP contribution in [0, 0.1) is 16.7 Å². The molecule has 4 aliphatic rings. The van der Waals surface area contributed by atoms with Crippen molar-refractivity contribution in [3.63, 3.8) is 0 Å². The average molecular weight is 560 g/mol. The molecule has 3 N–H and O–H groups in total. The molecule has 1 aromatic carbocycles. The topological polar surface area (TPSA) is 128 Å². The highest BCUT2D eigenvalue weighted by molar-refractivity contribution is 7.92. The van der Waals surface area contributed by atoms with Crippen LogP contribution in [-0.4, -0.2) is 77.2 Å². The molecule has 0 unspecified atom stereocenters. The second-order valence-electron chi connectivity index (χ2n) is 12.1. The second-order valence-corrected chi connectivity index (χ2v) is 14.2. The maximum absolute atomic E-state index is 13.6. The Morgan fingerprint density at radius 1 is 1.18 bits per heavy atom. The number of nitrogens with two attached hydrogens (primary N) is 1. The molecule has 4 heterocycles. The highest BCUT2D eigenvalue weighted by Gasteiger charge is 2.75. The zero-order valence-electron chi connectivity index (χ0n) is 21.7. The quantitative estimate of drug-likeness (QED) is 0.428. The number of methoxy groups -OCH3 is 1. The van der Waals surface area contributed by atoms with E-state index in [4.69, 9.17) is 10.5 Å². The standard InChI is InChI=1S/C26H31F2N7O3S/c1-38-20-4-16(9-34-12-24(13-34)14-39(36,37)15-24)2-3-18(20)10-35-21-19(8-31-35)32-23(29)33-22(21)30-7-17-5-25(6-17)11-26(25,27)28/h2-4,8,17H,5-7,9-15H2,1H3,(H3,29,30,32,33). The Kier molecular flexibility index (Phi) is 5.26. The number of hydrogen-bond acceptors (Lipinski definition) is 9. The fraction of sp³-hybridized carbons (Fsp3) is 0.577. The second kappa shape index (κ2) is 8.23. The van der Waals surface area contributed by atoms with Crippen molar-refractivity contribution in [3.8, 4) is 5.75 Å². The monoisotopic (exact) mass is 559 g/mol. The van der Waals surface area contributed by atoms with Crippen LogP contribution in [0.2, 0.25) is 0 Å². The van der Waals surface area contributed by atoms with E-state index in [0.29, 0.717) is 54.3 Å². The first-order valence-electron chi connectivity index (χ1n) is 13.2. The van der Waals surface area contributed by atoms with Crippen molar-refractivity contribution in [3.05, 3.63) is 35.5 Å². The maximum atomic E-state index is 13.6. The van der Waals surface area contributed by atoms with E-state index in [1.165, 1.54) is 0 Å². The van der Waals surface area contributed by atoms with Gasteiger partial charge in [0, 0.05) is 49.0 Å². The summed E-state index contributed by atoms with van der Waals surface area (Å²) in [7, 11) is -1.19. The van der Waals surface area contributed by atoms with Gasteiger partial charge < -0.3 is 15.8 Å². The van der Waals surface area contributed by atoms with E-state index in [2.05, 4.69) is 31.3 Å². The van der Waals surface area contributed by atoms with Gasteiger partial charge in [-0.1, -0.05) is 12.1 Å². The fourth-order valence-electron chi connectivity index (χ4n) is 7.04. The van der Waals surface area contributed by atoms with Crippen molar-refractivity contribution in [2.75, 3.05) is 49.3 Å². The summed E-state index contributed by atoms with van der Waals surface area (Å²) in [6.45, 7) is 3.30. The molecule has 0 atom stereocenters. The molecule has 2 spiro atoms. The molecule has 39 heavy (non-hydrogen) atoms. The fourth-order valence-corrected chi connectivity index (χ4v) is 9.19. The first-order chi connectivity index (χ1) is 18.5. The Morgan fingerprint density at radius 2 is 1.92 bits per heavy atom. The third-order valence-electron chi connectivity index (χ3n) is 8.88. The zero-order valence-corrected chi connectivity index (χ0v) is 22.5. The lowest BCUT2D eigenvalue weighted by Crippen LogP contribution is -2.67. The summed E-state index contributed by atoms with van der Waals surface area (Å²) >= 11 is 0. The number of fused-ring (bicyclic) bond motifs is 1. The number of hydrogen-bond donors (Lipinski definition) is 2. The smallest absolute Gasteiger partial charge is 0.254 e. The van der Waals surface area contributed by atoms with Crippen LogP contribution in [0.1, 0.15) is 30.4 Å². The van der Waals surface area contributed by atoms with E-state index < -0.39 is 21.2 Å². The van der Waals surface area contributed by atoms with Crippen LogP contribution in [0.4, 0.5) is 20.5 Å². The Balaban J connectivity index is 1.05. The molecule has 2 aromatic heterocycles.